The molecule has 0 saturated heterocycles. The molecule has 0 saturated carbocycles. The van der Waals surface area contributed by atoms with Crippen LogP contribution in [0.15, 0.2) is 59.1 Å². The van der Waals surface area contributed by atoms with Crippen LogP contribution >= 0.6 is 11.3 Å². The van der Waals surface area contributed by atoms with Crippen molar-refractivity contribution in [2.24, 2.45) is 0 Å². The molecule has 2 heterocycles. The summed E-state index contributed by atoms with van der Waals surface area (Å²) >= 11 is 1.69. The highest BCUT2D eigenvalue weighted by Crippen LogP contribution is 2.24. The van der Waals surface area contributed by atoms with Gasteiger partial charge >= 0.3 is 0 Å². The number of hydrogen-bond donors (Lipinski definition) is 1. The molecule has 1 N–H and O–H groups in total. The first-order chi connectivity index (χ1) is 11.4. The maximum atomic E-state index is 11.5. The highest BCUT2D eigenvalue weighted by molar-refractivity contribution is 7.90. The van der Waals surface area contributed by atoms with Gasteiger partial charge in [-0.05, 0) is 30.5 Å². The van der Waals surface area contributed by atoms with Crippen LogP contribution in [0, 0.1) is 0 Å². The number of rotatable bonds is 5. The Morgan fingerprint density at radius 2 is 1.88 bits per heavy atom. The van der Waals surface area contributed by atoms with Gasteiger partial charge in [-0.2, -0.15) is 0 Å². The molecule has 0 bridgehead atoms. The van der Waals surface area contributed by atoms with Gasteiger partial charge in [-0.15, -0.1) is 11.3 Å². The van der Waals surface area contributed by atoms with Crippen molar-refractivity contribution in [1.82, 2.24) is 9.97 Å². The third-order valence-corrected chi connectivity index (χ3v) is 5.73. The number of thiophene rings is 1. The van der Waals surface area contributed by atoms with Crippen molar-refractivity contribution in [3.63, 3.8) is 0 Å². The lowest BCUT2D eigenvalue weighted by molar-refractivity contribution is 0.602. The Balaban J connectivity index is 1.82. The molecular weight excluding hydrogens is 342 g/mol. The summed E-state index contributed by atoms with van der Waals surface area (Å²) < 4.78 is 23.1. The summed E-state index contributed by atoms with van der Waals surface area (Å²) in [6.07, 6.45) is 4.53. The molecule has 0 aliphatic carbocycles. The van der Waals surface area contributed by atoms with Crippen LogP contribution in [0.25, 0.3) is 11.3 Å². The number of anilines is 1. The van der Waals surface area contributed by atoms with E-state index in [4.69, 9.17) is 0 Å². The van der Waals surface area contributed by atoms with Gasteiger partial charge in [0.25, 0.3) is 0 Å². The summed E-state index contributed by atoms with van der Waals surface area (Å²) in [5.41, 5.74) is 1.51. The number of sulfone groups is 1. The number of benzene rings is 1. The van der Waals surface area contributed by atoms with Gasteiger partial charge in [0.1, 0.15) is 5.82 Å². The van der Waals surface area contributed by atoms with Crippen molar-refractivity contribution < 1.29 is 8.42 Å². The quantitative estimate of drug-likeness (QED) is 0.750. The maximum Gasteiger partial charge on any atom is 0.175 e. The second-order valence-corrected chi connectivity index (χ2v) is 8.46. The summed E-state index contributed by atoms with van der Waals surface area (Å²) in [6, 6.07) is 10.9. The molecular formula is C17H17N3O2S2. The van der Waals surface area contributed by atoms with Gasteiger partial charge in [-0.3, -0.25) is 4.98 Å². The number of nitrogens with one attached hydrogen (secondary N) is 1. The van der Waals surface area contributed by atoms with Crippen LogP contribution < -0.4 is 5.32 Å². The summed E-state index contributed by atoms with van der Waals surface area (Å²) in [7, 11) is -3.20. The zero-order chi connectivity index (χ0) is 17.2. The van der Waals surface area contributed by atoms with Crippen LogP contribution in [-0.2, 0) is 9.84 Å². The highest BCUT2D eigenvalue weighted by Gasteiger charge is 2.10. The molecule has 0 radical (unpaired) electrons. The fourth-order valence-corrected chi connectivity index (χ4v) is 3.64. The van der Waals surface area contributed by atoms with E-state index in [9.17, 15) is 8.42 Å². The summed E-state index contributed by atoms with van der Waals surface area (Å²) in [5, 5.41) is 5.37. The molecule has 0 spiro atoms. The molecule has 1 atom stereocenters. The lowest BCUT2D eigenvalue weighted by atomic mass is 10.2. The lowest BCUT2D eigenvalue weighted by Gasteiger charge is -2.13. The zero-order valence-corrected chi connectivity index (χ0v) is 14.9. The van der Waals surface area contributed by atoms with Gasteiger partial charge in [0.15, 0.2) is 9.84 Å². The smallest absolute Gasteiger partial charge is 0.175 e. The average Bonchev–Trinajstić information content (AvgIpc) is 3.09. The third kappa shape index (κ3) is 3.80. The monoisotopic (exact) mass is 359 g/mol. The van der Waals surface area contributed by atoms with Crippen LogP contribution in [0.5, 0.6) is 0 Å². The predicted octanol–water partition coefficient (Wildman–Crippen LogP) is 3.78. The molecule has 0 aliphatic rings. The van der Waals surface area contributed by atoms with Crippen LogP contribution in [0.4, 0.5) is 5.82 Å². The highest BCUT2D eigenvalue weighted by atomic mass is 32.2. The second kappa shape index (κ2) is 6.70. The van der Waals surface area contributed by atoms with Gasteiger partial charge < -0.3 is 5.32 Å². The van der Waals surface area contributed by atoms with E-state index in [1.54, 1.807) is 48.0 Å². The Morgan fingerprint density at radius 1 is 1.12 bits per heavy atom. The van der Waals surface area contributed by atoms with Gasteiger partial charge in [-0.1, -0.05) is 18.2 Å². The first kappa shape index (κ1) is 16.6. The molecule has 0 unspecified atom stereocenters. The minimum absolute atomic E-state index is 0.141. The van der Waals surface area contributed by atoms with Crippen LogP contribution in [0.3, 0.4) is 0 Å². The zero-order valence-electron chi connectivity index (χ0n) is 13.3. The van der Waals surface area contributed by atoms with E-state index in [0.717, 1.165) is 5.56 Å². The number of aromatic nitrogens is 2. The minimum atomic E-state index is -3.20. The fourth-order valence-electron chi connectivity index (χ4n) is 2.28. The summed E-state index contributed by atoms with van der Waals surface area (Å²) in [6.45, 7) is 2.07. The molecule has 2 aromatic heterocycles. The van der Waals surface area contributed by atoms with E-state index >= 15 is 0 Å². The molecule has 3 aromatic rings. The average molecular weight is 359 g/mol. The molecule has 1 aromatic carbocycles. The maximum absolute atomic E-state index is 11.5. The van der Waals surface area contributed by atoms with E-state index in [-0.39, 0.29) is 6.04 Å². The topological polar surface area (TPSA) is 72.0 Å². The second-order valence-electron chi connectivity index (χ2n) is 5.47. The van der Waals surface area contributed by atoms with Crippen molar-refractivity contribution in [3.05, 3.63) is 59.0 Å². The normalized spacial score (nSPS) is 12.8. The molecule has 7 heteroatoms. The van der Waals surface area contributed by atoms with Gasteiger partial charge in [-0.25, -0.2) is 13.4 Å². The van der Waals surface area contributed by atoms with Crippen molar-refractivity contribution in [1.29, 1.82) is 0 Å². The van der Waals surface area contributed by atoms with E-state index in [0.29, 0.717) is 16.4 Å². The molecule has 5 nitrogen and oxygen atoms in total. The van der Waals surface area contributed by atoms with Gasteiger partial charge in [0, 0.05) is 16.7 Å². The van der Waals surface area contributed by atoms with Gasteiger partial charge in [0.2, 0.25) is 0 Å². The Morgan fingerprint density at radius 3 is 2.50 bits per heavy atom. The Labute approximate surface area is 145 Å². The Kier molecular flexibility index (Phi) is 4.64. The molecule has 24 heavy (non-hydrogen) atoms. The summed E-state index contributed by atoms with van der Waals surface area (Å²) in [5.74, 6) is 0.681. The van der Waals surface area contributed by atoms with Crippen molar-refractivity contribution in [2.45, 2.75) is 17.9 Å². The van der Waals surface area contributed by atoms with E-state index in [2.05, 4.69) is 28.3 Å². The lowest BCUT2D eigenvalue weighted by Crippen LogP contribution is -2.07. The van der Waals surface area contributed by atoms with E-state index < -0.39 is 9.84 Å². The molecule has 0 aliphatic heterocycles. The minimum Gasteiger partial charge on any atom is -0.361 e. The van der Waals surface area contributed by atoms with E-state index in [1.807, 2.05) is 11.4 Å². The standard InChI is InChI=1S/C17H17N3O2S2/c1-12(16-4-3-9-23-16)19-17-11-18-10-15(20-17)13-5-7-14(8-6-13)24(2,21)22/h3-12H,1-2H3,(H,19,20)/t12-/m0/s1. The number of nitrogens with zero attached hydrogens (tertiary/aromatic N) is 2. The predicted molar refractivity (Wildman–Crippen MR) is 96.9 cm³/mol. The first-order valence-electron chi connectivity index (χ1n) is 7.36. The largest absolute Gasteiger partial charge is 0.361 e. The molecule has 0 fully saturated rings. The van der Waals surface area contributed by atoms with Crippen molar-refractivity contribution >= 4 is 27.0 Å². The van der Waals surface area contributed by atoms with E-state index in [1.165, 1.54) is 11.1 Å². The van der Waals surface area contributed by atoms with Crippen LogP contribution in [0.2, 0.25) is 0 Å². The molecule has 3 rings (SSSR count). The molecule has 124 valence electrons. The Bertz CT molecular complexity index is 921. The van der Waals surface area contributed by atoms with Gasteiger partial charge in [0.05, 0.1) is 29.0 Å². The van der Waals surface area contributed by atoms with Crippen molar-refractivity contribution in [3.8, 4) is 11.3 Å². The first-order valence-corrected chi connectivity index (χ1v) is 10.1. The van der Waals surface area contributed by atoms with Crippen LogP contribution in [0.1, 0.15) is 17.8 Å². The third-order valence-electron chi connectivity index (χ3n) is 3.55. The fraction of sp³-hybridized carbons (Fsp3) is 0.176. The Hall–Kier alpha value is -2.25. The SMILES string of the molecule is C[C@H](Nc1cncc(-c2ccc(S(C)(=O)=O)cc2)n1)c1cccs1. The number of hydrogen-bond acceptors (Lipinski definition) is 6. The van der Waals surface area contributed by atoms with Crippen LogP contribution in [-0.4, -0.2) is 24.6 Å². The molecule has 0 amide bonds. The van der Waals surface area contributed by atoms with Crippen molar-refractivity contribution in [2.75, 3.05) is 11.6 Å². The summed E-state index contributed by atoms with van der Waals surface area (Å²) in [4.78, 5) is 10.3.